The zero-order valence-electron chi connectivity index (χ0n) is 12.2. The van der Waals surface area contributed by atoms with E-state index in [1.54, 1.807) is 0 Å². The van der Waals surface area contributed by atoms with Crippen molar-refractivity contribution in [1.82, 2.24) is 0 Å². The van der Waals surface area contributed by atoms with Gasteiger partial charge in [0.1, 0.15) is 11.0 Å². The molecule has 3 heteroatoms. The van der Waals surface area contributed by atoms with E-state index in [0.29, 0.717) is 0 Å². The summed E-state index contributed by atoms with van der Waals surface area (Å²) >= 11 is 0. The average molecular weight is 265 g/mol. The van der Waals surface area contributed by atoms with Gasteiger partial charge in [0.05, 0.1) is 10.5 Å². The van der Waals surface area contributed by atoms with Crippen LogP contribution < -0.4 is 0 Å². The maximum absolute atomic E-state index is 12.2. The lowest BCUT2D eigenvalue weighted by atomic mass is 9.86. The fourth-order valence-electron chi connectivity index (χ4n) is 1.44. The summed E-state index contributed by atoms with van der Waals surface area (Å²) in [6, 6.07) is 9.98. The summed E-state index contributed by atoms with van der Waals surface area (Å²) in [6.45, 7) is 12.1. The highest BCUT2D eigenvalue weighted by molar-refractivity contribution is 7.85. The van der Waals surface area contributed by atoms with Crippen molar-refractivity contribution in [1.29, 1.82) is 0 Å². The Kier molecular flexibility index (Phi) is 4.49. The lowest BCUT2D eigenvalue weighted by Gasteiger charge is -2.23. The van der Waals surface area contributed by atoms with Crippen LogP contribution in [0.2, 0.25) is 0 Å². The van der Waals surface area contributed by atoms with E-state index >= 15 is 0 Å². The highest BCUT2D eigenvalue weighted by Crippen LogP contribution is 2.24. The summed E-state index contributed by atoms with van der Waals surface area (Å²) in [7, 11) is -1.23. The van der Waals surface area contributed by atoms with Gasteiger partial charge in [0.2, 0.25) is 0 Å². The van der Waals surface area contributed by atoms with Crippen LogP contribution in [0, 0.1) is 5.41 Å². The highest BCUT2D eigenvalue weighted by atomic mass is 32.2. The molecule has 0 bridgehead atoms. The highest BCUT2D eigenvalue weighted by Gasteiger charge is 2.25. The van der Waals surface area contributed by atoms with E-state index in [1.165, 1.54) is 0 Å². The molecule has 0 aliphatic heterocycles. The minimum atomic E-state index is -1.23. The molecule has 0 spiro atoms. The molecule has 2 nitrogen and oxygen atoms in total. The van der Waals surface area contributed by atoms with Gasteiger partial charge in [0.25, 0.3) is 0 Å². The molecule has 0 N–H and O–H groups in total. The first-order valence-electron chi connectivity index (χ1n) is 6.19. The molecule has 0 saturated carbocycles. The van der Waals surface area contributed by atoms with Gasteiger partial charge >= 0.3 is 0 Å². The van der Waals surface area contributed by atoms with Crippen molar-refractivity contribution in [2.45, 2.75) is 46.3 Å². The van der Waals surface area contributed by atoms with Crippen molar-refractivity contribution in [3.05, 3.63) is 35.9 Å². The smallest absolute Gasteiger partial charge is 0.145 e. The number of hydrogen-bond acceptors (Lipinski definition) is 1. The second-order valence-corrected chi connectivity index (χ2v) is 8.32. The molecule has 0 heterocycles. The Labute approximate surface area is 113 Å². The zero-order valence-corrected chi connectivity index (χ0v) is 13.0. The Hall–Kier alpha value is -0.960. The van der Waals surface area contributed by atoms with E-state index in [4.69, 9.17) is 0 Å². The third-order valence-corrected chi connectivity index (χ3v) is 3.85. The Morgan fingerprint density at radius 2 is 1.50 bits per heavy atom. The standard InChI is InChI=1S/C15H23NOS/c1-14(2,3)13(12-10-8-7-9-11-12)16-18(17)15(4,5)6/h7-11H,1-6H3. The summed E-state index contributed by atoms with van der Waals surface area (Å²) < 4.78 is 16.4. The maximum atomic E-state index is 12.2. The Balaban J connectivity index is 3.25. The monoisotopic (exact) mass is 265 g/mol. The van der Waals surface area contributed by atoms with Gasteiger partial charge < -0.3 is 0 Å². The molecule has 1 unspecified atom stereocenters. The van der Waals surface area contributed by atoms with Crippen LogP contribution in [0.15, 0.2) is 34.7 Å². The second-order valence-electron chi connectivity index (χ2n) is 6.42. The molecule has 0 saturated heterocycles. The van der Waals surface area contributed by atoms with Crippen molar-refractivity contribution >= 4 is 16.7 Å². The Bertz CT molecular complexity index is 450. The molecule has 100 valence electrons. The van der Waals surface area contributed by atoms with E-state index in [0.717, 1.165) is 11.3 Å². The van der Waals surface area contributed by atoms with E-state index in [9.17, 15) is 4.21 Å². The second kappa shape index (κ2) is 5.35. The number of nitrogens with zero attached hydrogens (tertiary/aromatic N) is 1. The third kappa shape index (κ3) is 4.05. The van der Waals surface area contributed by atoms with E-state index < -0.39 is 11.0 Å². The minimum absolute atomic E-state index is 0.123. The summed E-state index contributed by atoms with van der Waals surface area (Å²) in [4.78, 5) is 0. The van der Waals surface area contributed by atoms with Gasteiger partial charge in [-0.15, -0.1) is 0 Å². The van der Waals surface area contributed by atoms with Crippen molar-refractivity contribution in [3.63, 3.8) is 0 Å². The summed E-state index contributed by atoms with van der Waals surface area (Å²) in [5.74, 6) is 0. The molecule has 0 fully saturated rings. The van der Waals surface area contributed by atoms with Gasteiger partial charge in [-0.2, -0.15) is 4.40 Å². The Morgan fingerprint density at radius 3 is 1.89 bits per heavy atom. The number of benzene rings is 1. The molecule has 18 heavy (non-hydrogen) atoms. The molecular weight excluding hydrogens is 242 g/mol. The maximum Gasteiger partial charge on any atom is 0.145 e. The Morgan fingerprint density at radius 1 is 1.00 bits per heavy atom. The van der Waals surface area contributed by atoms with Crippen LogP contribution in [-0.4, -0.2) is 14.7 Å². The van der Waals surface area contributed by atoms with Crippen molar-refractivity contribution in [2.75, 3.05) is 0 Å². The van der Waals surface area contributed by atoms with Crippen molar-refractivity contribution < 1.29 is 4.21 Å². The molecule has 1 rings (SSSR count). The van der Waals surface area contributed by atoms with E-state index in [2.05, 4.69) is 25.2 Å². The largest absolute Gasteiger partial charge is 0.234 e. The SMILES string of the molecule is CC(C)(C)C(=NS(=O)C(C)(C)C)c1ccccc1. The molecular formula is C15H23NOS. The molecule has 0 radical (unpaired) electrons. The first-order chi connectivity index (χ1) is 8.12. The fraction of sp³-hybridized carbons (Fsp3) is 0.533. The predicted molar refractivity (Wildman–Crippen MR) is 80.3 cm³/mol. The number of rotatable bonds is 2. The molecule has 0 aromatic heterocycles. The van der Waals surface area contributed by atoms with Gasteiger partial charge in [0.15, 0.2) is 0 Å². The van der Waals surface area contributed by atoms with E-state index in [1.807, 2.05) is 51.1 Å². The summed E-state index contributed by atoms with van der Waals surface area (Å²) in [6.07, 6.45) is 0. The quantitative estimate of drug-likeness (QED) is 0.744. The van der Waals surface area contributed by atoms with Gasteiger partial charge in [-0.3, -0.25) is 0 Å². The first kappa shape index (κ1) is 15.1. The molecule has 0 aliphatic carbocycles. The summed E-state index contributed by atoms with van der Waals surface area (Å²) in [5, 5.41) is 0. The zero-order chi connectivity index (χ0) is 14.0. The van der Waals surface area contributed by atoms with Crippen molar-refractivity contribution in [3.8, 4) is 0 Å². The molecule has 0 amide bonds. The van der Waals surface area contributed by atoms with Crippen LogP contribution in [0.5, 0.6) is 0 Å². The van der Waals surface area contributed by atoms with Crippen LogP contribution in [0.25, 0.3) is 0 Å². The summed E-state index contributed by atoms with van der Waals surface area (Å²) in [5.41, 5.74) is 1.82. The predicted octanol–water partition coefficient (Wildman–Crippen LogP) is 3.98. The van der Waals surface area contributed by atoms with Crippen LogP contribution >= 0.6 is 0 Å². The normalized spacial score (nSPS) is 15.6. The van der Waals surface area contributed by atoms with Crippen LogP contribution in [-0.2, 0) is 11.0 Å². The van der Waals surface area contributed by atoms with Crippen LogP contribution in [0.4, 0.5) is 0 Å². The number of hydrogen-bond donors (Lipinski definition) is 0. The van der Waals surface area contributed by atoms with Gasteiger partial charge in [-0.1, -0.05) is 51.1 Å². The van der Waals surface area contributed by atoms with Crippen LogP contribution in [0.1, 0.15) is 47.1 Å². The fourth-order valence-corrected chi connectivity index (χ4v) is 2.26. The topological polar surface area (TPSA) is 29.4 Å². The van der Waals surface area contributed by atoms with Crippen molar-refractivity contribution in [2.24, 2.45) is 9.81 Å². The van der Waals surface area contributed by atoms with Gasteiger partial charge in [-0.25, -0.2) is 4.21 Å². The molecule has 1 atom stereocenters. The molecule has 1 aromatic carbocycles. The molecule has 1 aromatic rings. The lowest BCUT2D eigenvalue weighted by molar-refractivity contribution is 0.591. The van der Waals surface area contributed by atoms with E-state index in [-0.39, 0.29) is 10.2 Å². The van der Waals surface area contributed by atoms with Crippen LogP contribution in [0.3, 0.4) is 0 Å². The minimum Gasteiger partial charge on any atom is -0.234 e. The molecule has 0 aliphatic rings. The first-order valence-corrected chi connectivity index (χ1v) is 7.29. The average Bonchev–Trinajstić information content (AvgIpc) is 2.23. The van der Waals surface area contributed by atoms with Gasteiger partial charge in [-0.05, 0) is 26.3 Å². The lowest BCUT2D eigenvalue weighted by Crippen LogP contribution is -2.26. The van der Waals surface area contributed by atoms with Gasteiger partial charge in [0, 0.05) is 5.41 Å². The third-order valence-electron chi connectivity index (χ3n) is 2.46.